The van der Waals surface area contributed by atoms with Crippen LogP contribution in [0.4, 0.5) is 0 Å². The lowest BCUT2D eigenvalue weighted by atomic mass is 9.85. The molecule has 3 heterocycles. The average molecular weight is 354 g/mol. The number of carbonyl (C=O) groups is 1. The van der Waals surface area contributed by atoms with Crippen LogP contribution in [-0.2, 0) is 17.8 Å². The number of likely N-dealkylation sites (tertiary alicyclic amines) is 2. The fourth-order valence-electron chi connectivity index (χ4n) is 4.45. The summed E-state index contributed by atoms with van der Waals surface area (Å²) in [5.74, 6) is 1.54. The summed E-state index contributed by atoms with van der Waals surface area (Å²) in [7, 11) is 0. The summed E-state index contributed by atoms with van der Waals surface area (Å²) in [6, 6.07) is 10.4. The minimum atomic E-state index is -0.372. The minimum absolute atomic E-state index is 0.289. The summed E-state index contributed by atoms with van der Waals surface area (Å²) in [4.78, 5) is 22.1. The lowest BCUT2D eigenvalue weighted by molar-refractivity contribution is -0.147. The number of hydrogen-bond donors (Lipinski definition) is 0. The van der Waals surface area contributed by atoms with Gasteiger partial charge < -0.3 is 9.42 Å². The monoisotopic (exact) mass is 354 g/mol. The maximum Gasteiger partial charge on any atom is 0.243 e. The number of rotatable bonds is 5. The first-order valence-electron chi connectivity index (χ1n) is 9.55. The van der Waals surface area contributed by atoms with E-state index in [0.717, 1.165) is 51.7 Å². The van der Waals surface area contributed by atoms with Gasteiger partial charge in [0.15, 0.2) is 5.82 Å². The second-order valence-electron chi connectivity index (χ2n) is 7.42. The molecule has 138 valence electrons. The van der Waals surface area contributed by atoms with Crippen LogP contribution in [0, 0.1) is 6.92 Å². The third-order valence-corrected chi connectivity index (χ3v) is 5.74. The van der Waals surface area contributed by atoms with Crippen molar-refractivity contribution in [3.8, 4) is 0 Å². The second-order valence-corrected chi connectivity index (χ2v) is 7.42. The number of carbonyl (C=O) groups excluding carboxylic acids is 1. The van der Waals surface area contributed by atoms with Gasteiger partial charge in [-0.3, -0.25) is 9.69 Å². The molecular weight excluding hydrogens is 328 g/mol. The molecule has 0 saturated carbocycles. The van der Waals surface area contributed by atoms with Crippen molar-refractivity contribution in [3.63, 3.8) is 0 Å². The summed E-state index contributed by atoms with van der Waals surface area (Å²) in [6.07, 6.45) is 4.89. The molecule has 1 unspecified atom stereocenters. The van der Waals surface area contributed by atoms with Crippen LogP contribution in [0.1, 0.15) is 43.0 Å². The molecule has 0 bridgehead atoms. The Bertz CT molecular complexity index is 760. The van der Waals surface area contributed by atoms with Crippen molar-refractivity contribution in [1.82, 2.24) is 19.9 Å². The van der Waals surface area contributed by atoms with Crippen molar-refractivity contribution in [1.29, 1.82) is 0 Å². The van der Waals surface area contributed by atoms with Crippen molar-refractivity contribution < 1.29 is 9.32 Å². The summed E-state index contributed by atoms with van der Waals surface area (Å²) in [5, 5.41) is 4.02. The molecule has 0 N–H and O–H groups in total. The third kappa shape index (κ3) is 3.26. The first kappa shape index (κ1) is 17.2. The van der Waals surface area contributed by atoms with Gasteiger partial charge >= 0.3 is 0 Å². The van der Waals surface area contributed by atoms with Gasteiger partial charge in [-0.25, -0.2) is 0 Å². The Morgan fingerprint density at radius 1 is 1.15 bits per heavy atom. The van der Waals surface area contributed by atoms with Crippen LogP contribution in [0.2, 0.25) is 0 Å². The molecule has 0 aliphatic carbocycles. The van der Waals surface area contributed by atoms with E-state index < -0.39 is 0 Å². The van der Waals surface area contributed by atoms with Crippen molar-refractivity contribution >= 4 is 5.91 Å². The van der Waals surface area contributed by atoms with E-state index in [-0.39, 0.29) is 11.4 Å². The Morgan fingerprint density at radius 3 is 2.65 bits per heavy atom. The molecule has 1 atom stereocenters. The molecule has 2 aliphatic heterocycles. The zero-order valence-electron chi connectivity index (χ0n) is 15.4. The Hall–Kier alpha value is -2.21. The molecule has 2 aromatic rings. The molecule has 6 heteroatoms. The summed E-state index contributed by atoms with van der Waals surface area (Å²) in [6.45, 7) is 4.97. The van der Waals surface area contributed by atoms with Crippen LogP contribution in [0.5, 0.6) is 0 Å². The molecule has 0 radical (unpaired) electrons. The third-order valence-electron chi connectivity index (χ3n) is 5.74. The smallest absolute Gasteiger partial charge is 0.243 e. The van der Waals surface area contributed by atoms with E-state index in [2.05, 4.69) is 44.2 Å². The predicted molar refractivity (Wildman–Crippen MR) is 97.4 cm³/mol. The van der Waals surface area contributed by atoms with Crippen LogP contribution < -0.4 is 0 Å². The van der Waals surface area contributed by atoms with Crippen LogP contribution in [0.25, 0.3) is 0 Å². The van der Waals surface area contributed by atoms with Crippen LogP contribution in [-0.4, -0.2) is 51.0 Å². The van der Waals surface area contributed by atoms with Crippen LogP contribution >= 0.6 is 0 Å². The van der Waals surface area contributed by atoms with Gasteiger partial charge in [-0.05, 0) is 44.2 Å². The number of hydrogen-bond acceptors (Lipinski definition) is 5. The number of aromatic nitrogens is 2. The molecular formula is C20H26N4O2. The maximum atomic E-state index is 13.4. The summed E-state index contributed by atoms with van der Waals surface area (Å²) >= 11 is 0. The number of aryl methyl sites for hydroxylation is 1. The van der Waals surface area contributed by atoms with Gasteiger partial charge in [0.25, 0.3) is 0 Å². The normalized spacial score (nSPS) is 23.9. The minimum Gasteiger partial charge on any atom is -0.341 e. The van der Waals surface area contributed by atoms with Gasteiger partial charge in [0.1, 0.15) is 5.54 Å². The zero-order chi connectivity index (χ0) is 18.0. The molecule has 2 aliphatic rings. The standard InChI is InChI=1S/C20H26N4O2/c1-16-21-18(22-26-16)15-24-13-6-11-20(24)10-5-12-23(19(20)25)14-9-17-7-3-2-4-8-17/h2-4,7-8H,5-6,9-15H2,1H3. The molecule has 1 aromatic heterocycles. The molecule has 1 spiro atoms. The maximum absolute atomic E-state index is 13.4. The molecule has 2 fully saturated rings. The SMILES string of the molecule is Cc1nc(CN2CCCC23CCCN(CCc2ccccc2)C3=O)no1. The van der Waals surface area contributed by atoms with Crippen molar-refractivity contribution in [2.24, 2.45) is 0 Å². The lowest BCUT2D eigenvalue weighted by Gasteiger charge is -2.44. The summed E-state index contributed by atoms with van der Waals surface area (Å²) < 4.78 is 5.10. The molecule has 4 rings (SSSR count). The largest absolute Gasteiger partial charge is 0.341 e. The fourth-order valence-corrected chi connectivity index (χ4v) is 4.45. The van der Waals surface area contributed by atoms with E-state index in [1.165, 1.54) is 5.56 Å². The highest BCUT2D eigenvalue weighted by molar-refractivity contribution is 5.87. The first-order valence-corrected chi connectivity index (χ1v) is 9.55. The molecule has 2 saturated heterocycles. The van der Waals surface area contributed by atoms with Crippen LogP contribution in [0.3, 0.4) is 0 Å². The quantitative estimate of drug-likeness (QED) is 0.826. The average Bonchev–Trinajstić information content (AvgIpc) is 3.25. The van der Waals surface area contributed by atoms with E-state index in [1.807, 2.05) is 6.07 Å². The van der Waals surface area contributed by atoms with E-state index in [4.69, 9.17) is 4.52 Å². The van der Waals surface area contributed by atoms with E-state index in [1.54, 1.807) is 6.92 Å². The molecule has 26 heavy (non-hydrogen) atoms. The van der Waals surface area contributed by atoms with Gasteiger partial charge in [-0.2, -0.15) is 4.98 Å². The highest BCUT2D eigenvalue weighted by Crippen LogP contribution is 2.39. The number of nitrogens with zero attached hydrogens (tertiary/aromatic N) is 4. The molecule has 1 amide bonds. The highest BCUT2D eigenvalue weighted by Gasteiger charge is 2.50. The van der Waals surface area contributed by atoms with Gasteiger partial charge in [0.05, 0.1) is 6.54 Å². The van der Waals surface area contributed by atoms with E-state index in [9.17, 15) is 4.79 Å². The number of amides is 1. The van der Waals surface area contributed by atoms with Crippen LogP contribution in [0.15, 0.2) is 34.9 Å². The van der Waals surface area contributed by atoms with E-state index >= 15 is 0 Å². The number of piperidine rings is 1. The van der Waals surface area contributed by atoms with Crippen molar-refractivity contribution in [2.75, 3.05) is 19.6 Å². The van der Waals surface area contributed by atoms with Crippen molar-refractivity contribution in [2.45, 2.75) is 51.1 Å². The van der Waals surface area contributed by atoms with Crippen molar-refractivity contribution in [3.05, 3.63) is 47.6 Å². The Labute approximate surface area is 154 Å². The first-order chi connectivity index (χ1) is 12.7. The fraction of sp³-hybridized carbons (Fsp3) is 0.550. The predicted octanol–water partition coefficient (Wildman–Crippen LogP) is 2.58. The number of benzene rings is 1. The Morgan fingerprint density at radius 2 is 1.92 bits per heavy atom. The van der Waals surface area contributed by atoms with Gasteiger partial charge in [-0.15, -0.1) is 0 Å². The Kier molecular flexibility index (Phi) is 4.76. The van der Waals surface area contributed by atoms with Gasteiger partial charge in [0, 0.05) is 20.0 Å². The summed E-state index contributed by atoms with van der Waals surface area (Å²) in [5.41, 5.74) is 0.911. The Balaban J connectivity index is 1.46. The van der Waals surface area contributed by atoms with Gasteiger partial charge in [0.2, 0.25) is 11.8 Å². The molecule has 6 nitrogen and oxygen atoms in total. The van der Waals surface area contributed by atoms with E-state index in [0.29, 0.717) is 18.3 Å². The van der Waals surface area contributed by atoms with Gasteiger partial charge in [-0.1, -0.05) is 35.5 Å². The second kappa shape index (κ2) is 7.19. The molecule has 1 aromatic carbocycles. The zero-order valence-corrected chi connectivity index (χ0v) is 15.4. The lowest BCUT2D eigenvalue weighted by Crippen LogP contribution is -2.60. The highest BCUT2D eigenvalue weighted by atomic mass is 16.5. The topological polar surface area (TPSA) is 62.5 Å².